The Morgan fingerprint density at radius 3 is 2.95 bits per heavy atom. The lowest BCUT2D eigenvalue weighted by molar-refractivity contribution is 0.199. The summed E-state index contributed by atoms with van der Waals surface area (Å²) >= 11 is 0. The number of hydrogen-bond donors (Lipinski definition) is 1. The molecule has 4 heteroatoms. The molecule has 0 aliphatic carbocycles. The molecule has 118 valence electrons. The zero-order valence-corrected chi connectivity index (χ0v) is 13.4. The van der Waals surface area contributed by atoms with Gasteiger partial charge in [-0.1, -0.05) is 26.0 Å². The summed E-state index contributed by atoms with van der Waals surface area (Å²) in [5.74, 6) is 0.440. The van der Waals surface area contributed by atoms with Crippen molar-refractivity contribution in [1.29, 1.82) is 0 Å². The topological polar surface area (TPSA) is 24.5 Å². The normalized spacial score (nSPS) is 18.7. The summed E-state index contributed by atoms with van der Waals surface area (Å²) in [5.41, 5.74) is 1.83. The Morgan fingerprint density at radius 2 is 2.24 bits per heavy atom. The summed E-state index contributed by atoms with van der Waals surface area (Å²) < 4.78 is 19.5. The molecule has 0 amide bonds. The molecule has 21 heavy (non-hydrogen) atoms. The zero-order chi connectivity index (χ0) is 15.2. The molecule has 1 saturated heterocycles. The minimum Gasteiger partial charge on any atom is -0.383 e. The van der Waals surface area contributed by atoms with Gasteiger partial charge in [-0.3, -0.25) is 0 Å². The van der Waals surface area contributed by atoms with Gasteiger partial charge in [0, 0.05) is 32.8 Å². The van der Waals surface area contributed by atoms with Gasteiger partial charge in [-0.05, 0) is 30.4 Å². The Balaban J connectivity index is 2.17. The van der Waals surface area contributed by atoms with Gasteiger partial charge in [-0.15, -0.1) is 0 Å². The Labute approximate surface area is 127 Å². The Bertz CT molecular complexity index is 450. The summed E-state index contributed by atoms with van der Waals surface area (Å²) in [7, 11) is 1.69. The summed E-state index contributed by atoms with van der Waals surface area (Å²) in [4.78, 5) is 2.27. The molecule has 1 heterocycles. The molecular formula is C17H27FN2O. The number of ether oxygens (including phenoxy) is 1. The quantitative estimate of drug-likeness (QED) is 0.782. The maximum atomic E-state index is 14.4. The number of benzene rings is 1. The van der Waals surface area contributed by atoms with Gasteiger partial charge in [-0.25, -0.2) is 4.39 Å². The van der Waals surface area contributed by atoms with Gasteiger partial charge in [0.05, 0.1) is 12.3 Å². The van der Waals surface area contributed by atoms with Crippen LogP contribution >= 0.6 is 0 Å². The highest BCUT2D eigenvalue weighted by Gasteiger charge is 2.30. The van der Waals surface area contributed by atoms with Crippen molar-refractivity contribution in [2.75, 3.05) is 31.7 Å². The lowest BCUT2D eigenvalue weighted by Gasteiger charge is -2.31. The van der Waals surface area contributed by atoms with Crippen LogP contribution in [-0.4, -0.2) is 32.8 Å². The third-order valence-corrected chi connectivity index (χ3v) is 4.22. The summed E-state index contributed by atoms with van der Waals surface area (Å²) in [6.07, 6.45) is 2.30. The molecule has 0 aromatic heterocycles. The van der Waals surface area contributed by atoms with Crippen molar-refractivity contribution < 1.29 is 9.13 Å². The van der Waals surface area contributed by atoms with Crippen molar-refractivity contribution in [2.24, 2.45) is 5.92 Å². The van der Waals surface area contributed by atoms with Crippen molar-refractivity contribution in [3.8, 4) is 0 Å². The summed E-state index contributed by atoms with van der Waals surface area (Å²) in [5, 5.41) is 3.32. The molecule has 1 fully saturated rings. The lowest BCUT2D eigenvalue weighted by atomic mass is 10.0. The third-order valence-electron chi connectivity index (χ3n) is 4.22. The van der Waals surface area contributed by atoms with Crippen LogP contribution in [0.5, 0.6) is 0 Å². The van der Waals surface area contributed by atoms with Crippen molar-refractivity contribution in [3.63, 3.8) is 0 Å². The van der Waals surface area contributed by atoms with Gasteiger partial charge in [0.1, 0.15) is 5.82 Å². The largest absolute Gasteiger partial charge is 0.383 e. The van der Waals surface area contributed by atoms with E-state index in [1.807, 2.05) is 6.07 Å². The van der Waals surface area contributed by atoms with Crippen LogP contribution in [-0.2, 0) is 11.3 Å². The fourth-order valence-electron chi connectivity index (χ4n) is 3.18. The molecule has 1 aliphatic heterocycles. The second-order valence-electron chi connectivity index (χ2n) is 6.06. The Hall–Kier alpha value is -1.13. The molecule has 0 saturated carbocycles. The highest BCUT2D eigenvalue weighted by Crippen LogP contribution is 2.34. The SMILES string of the molecule is COCCNCc1cccc(F)c1N1CCCC1C(C)C. The molecule has 1 aromatic rings. The zero-order valence-electron chi connectivity index (χ0n) is 13.4. The van der Waals surface area contributed by atoms with Crippen molar-refractivity contribution in [1.82, 2.24) is 5.32 Å². The predicted octanol–water partition coefficient (Wildman–Crippen LogP) is 3.19. The van der Waals surface area contributed by atoms with E-state index in [0.29, 0.717) is 25.1 Å². The lowest BCUT2D eigenvalue weighted by Crippen LogP contribution is -2.35. The number of rotatable bonds is 7. The highest BCUT2D eigenvalue weighted by atomic mass is 19.1. The minimum absolute atomic E-state index is 0.103. The highest BCUT2D eigenvalue weighted by molar-refractivity contribution is 5.56. The fourth-order valence-corrected chi connectivity index (χ4v) is 3.18. The first-order valence-corrected chi connectivity index (χ1v) is 7.88. The van der Waals surface area contributed by atoms with Crippen LogP contribution in [0, 0.1) is 11.7 Å². The molecule has 0 radical (unpaired) electrons. The van der Waals surface area contributed by atoms with Crippen LogP contribution in [0.15, 0.2) is 18.2 Å². The molecule has 0 spiro atoms. The number of hydrogen-bond acceptors (Lipinski definition) is 3. The summed E-state index contributed by atoms with van der Waals surface area (Å²) in [6, 6.07) is 5.84. The smallest absolute Gasteiger partial charge is 0.146 e. The van der Waals surface area contributed by atoms with Gasteiger partial charge >= 0.3 is 0 Å². The summed E-state index contributed by atoms with van der Waals surface area (Å²) in [6.45, 7) is 7.52. The Morgan fingerprint density at radius 1 is 1.43 bits per heavy atom. The molecule has 1 atom stereocenters. The molecule has 1 aromatic carbocycles. The van der Waals surface area contributed by atoms with Crippen molar-refractivity contribution >= 4 is 5.69 Å². The first-order chi connectivity index (χ1) is 10.1. The van der Waals surface area contributed by atoms with E-state index >= 15 is 0 Å². The molecule has 0 bridgehead atoms. The van der Waals surface area contributed by atoms with E-state index in [1.54, 1.807) is 19.2 Å². The number of nitrogens with one attached hydrogen (secondary N) is 1. The molecule has 2 rings (SSSR count). The molecule has 3 nitrogen and oxygen atoms in total. The van der Waals surface area contributed by atoms with E-state index in [2.05, 4.69) is 24.1 Å². The van der Waals surface area contributed by atoms with Crippen molar-refractivity contribution in [3.05, 3.63) is 29.6 Å². The second kappa shape index (κ2) is 7.76. The maximum Gasteiger partial charge on any atom is 0.146 e. The van der Waals surface area contributed by atoms with E-state index in [0.717, 1.165) is 37.2 Å². The molecule has 1 unspecified atom stereocenters. The molecule has 1 aliphatic rings. The van der Waals surface area contributed by atoms with Crippen LogP contribution in [0.3, 0.4) is 0 Å². The predicted molar refractivity (Wildman–Crippen MR) is 85.2 cm³/mol. The number of methoxy groups -OCH3 is 1. The van der Waals surface area contributed by atoms with E-state index in [9.17, 15) is 4.39 Å². The monoisotopic (exact) mass is 294 g/mol. The number of halogens is 1. The number of nitrogens with zero attached hydrogens (tertiary/aromatic N) is 1. The van der Waals surface area contributed by atoms with E-state index in [1.165, 1.54) is 0 Å². The van der Waals surface area contributed by atoms with E-state index < -0.39 is 0 Å². The molecule has 1 N–H and O–H groups in total. The van der Waals surface area contributed by atoms with Crippen LogP contribution in [0.1, 0.15) is 32.3 Å². The van der Waals surface area contributed by atoms with Gasteiger partial charge in [0.15, 0.2) is 0 Å². The fraction of sp³-hybridized carbons (Fsp3) is 0.647. The van der Waals surface area contributed by atoms with E-state index in [-0.39, 0.29) is 5.82 Å². The van der Waals surface area contributed by atoms with Gasteiger partial charge in [0.2, 0.25) is 0 Å². The average Bonchev–Trinajstić information content (AvgIpc) is 2.93. The van der Waals surface area contributed by atoms with Gasteiger partial charge in [0.25, 0.3) is 0 Å². The van der Waals surface area contributed by atoms with Crippen LogP contribution in [0.4, 0.5) is 10.1 Å². The maximum absolute atomic E-state index is 14.4. The first kappa shape index (κ1) is 16.2. The second-order valence-corrected chi connectivity index (χ2v) is 6.06. The average molecular weight is 294 g/mol. The van der Waals surface area contributed by atoms with E-state index in [4.69, 9.17) is 4.74 Å². The number of anilines is 1. The van der Waals surface area contributed by atoms with Crippen molar-refractivity contribution in [2.45, 2.75) is 39.3 Å². The molecular weight excluding hydrogens is 267 g/mol. The van der Waals surface area contributed by atoms with Crippen LogP contribution in [0.25, 0.3) is 0 Å². The number of para-hydroxylation sites is 1. The van der Waals surface area contributed by atoms with Crippen LogP contribution < -0.4 is 10.2 Å². The minimum atomic E-state index is -0.103. The first-order valence-electron chi connectivity index (χ1n) is 7.88. The van der Waals surface area contributed by atoms with Crippen LogP contribution in [0.2, 0.25) is 0 Å². The third kappa shape index (κ3) is 3.95. The standard InChI is InChI=1S/C17H27FN2O/c1-13(2)16-8-5-10-20(16)17-14(6-4-7-15(17)18)12-19-9-11-21-3/h4,6-7,13,16,19H,5,8-12H2,1-3H3. The van der Waals surface area contributed by atoms with Gasteiger partial charge < -0.3 is 15.0 Å². The van der Waals surface area contributed by atoms with Gasteiger partial charge in [-0.2, -0.15) is 0 Å². The Kier molecular flexibility index (Phi) is 6.00.